The summed E-state index contributed by atoms with van der Waals surface area (Å²) in [6.45, 7) is 0. The molecule has 0 saturated heterocycles. The molecule has 2 aromatic rings. The van der Waals surface area contributed by atoms with Crippen LogP contribution in [-0.4, -0.2) is 19.0 Å². The number of aliphatic hydroxyl groups is 1. The molecule has 2 radical (unpaired) electrons. The van der Waals surface area contributed by atoms with Crippen LogP contribution in [0.3, 0.4) is 0 Å². The van der Waals surface area contributed by atoms with Crippen LogP contribution in [-0.2, 0) is 0 Å². The molecule has 0 heterocycles. The van der Waals surface area contributed by atoms with Crippen LogP contribution >= 0.6 is 0 Å². The molecule has 84 valence electrons. The highest BCUT2D eigenvalue weighted by atomic mass is 16.3. The summed E-state index contributed by atoms with van der Waals surface area (Å²) in [6.07, 6.45) is 0.536. The molecule has 2 heteroatoms. The Kier molecular flexibility index (Phi) is 4.00. The van der Waals surface area contributed by atoms with Gasteiger partial charge >= 0.3 is 0 Å². The lowest BCUT2D eigenvalue weighted by Crippen LogP contribution is -2.13. The van der Waals surface area contributed by atoms with Gasteiger partial charge in [-0.1, -0.05) is 60.7 Å². The first-order valence-corrected chi connectivity index (χ1v) is 5.81. The van der Waals surface area contributed by atoms with Gasteiger partial charge in [-0.2, -0.15) is 0 Å². The highest BCUT2D eigenvalue weighted by Crippen LogP contribution is 2.28. The van der Waals surface area contributed by atoms with Crippen LogP contribution in [0.15, 0.2) is 60.7 Å². The largest absolute Gasteiger partial charge is 0.403 e. The van der Waals surface area contributed by atoms with Crippen LogP contribution in [0.25, 0.3) is 0 Å². The molecule has 0 aliphatic rings. The van der Waals surface area contributed by atoms with E-state index in [1.165, 1.54) is 11.1 Å². The number of aliphatic hydroxyl groups excluding tert-OH is 1. The van der Waals surface area contributed by atoms with Crippen LogP contribution in [0.5, 0.6) is 0 Å². The average Bonchev–Trinajstić information content (AvgIpc) is 2.38. The standard InChI is InChI=1S/C15H15BO/c16-15(17)11-14(12-7-3-1-4-8-12)13-9-5-2-6-10-13/h1-10,14-15,17H,11H2. The van der Waals surface area contributed by atoms with E-state index in [0.717, 1.165) is 0 Å². The molecule has 0 amide bonds. The Morgan fingerprint density at radius 2 is 1.24 bits per heavy atom. The van der Waals surface area contributed by atoms with Crippen LogP contribution in [0.1, 0.15) is 23.5 Å². The smallest absolute Gasteiger partial charge is 0.108 e. The van der Waals surface area contributed by atoms with E-state index in [0.29, 0.717) is 6.42 Å². The zero-order chi connectivity index (χ0) is 12.1. The van der Waals surface area contributed by atoms with Gasteiger partial charge in [-0.3, -0.25) is 0 Å². The molecule has 0 fully saturated rings. The Hall–Kier alpha value is -1.54. The Labute approximate surface area is 104 Å². The van der Waals surface area contributed by atoms with E-state index < -0.39 is 6.00 Å². The van der Waals surface area contributed by atoms with Gasteiger partial charge in [-0.05, 0) is 17.5 Å². The second kappa shape index (κ2) is 5.69. The summed E-state index contributed by atoms with van der Waals surface area (Å²) >= 11 is 0. The van der Waals surface area contributed by atoms with Gasteiger partial charge in [0.25, 0.3) is 0 Å². The fourth-order valence-corrected chi connectivity index (χ4v) is 2.08. The maximum Gasteiger partial charge on any atom is 0.108 e. The van der Waals surface area contributed by atoms with Crippen molar-refractivity contribution in [2.75, 3.05) is 0 Å². The molecule has 0 saturated carbocycles. The van der Waals surface area contributed by atoms with E-state index in [2.05, 4.69) is 24.3 Å². The summed E-state index contributed by atoms with van der Waals surface area (Å²) in [5, 5.41) is 9.42. The van der Waals surface area contributed by atoms with Gasteiger partial charge in [0.2, 0.25) is 0 Å². The van der Waals surface area contributed by atoms with Crippen molar-refractivity contribution in [2.45, 2.75) is 18.3 Å². The minimum absolute atomic E-state index is 0.150. The second-order valence-electron chi connectivity index (χ2n) is 4.18. The monoisotopic (exact) mass is 222 g/mol. The zero-order valence-corrected chi connectivity index (χ0v) is 9.66. The molecule has 1 nitrogen and oxygen atoms in total. The lowest BCUT2D eigenvalue weighted by molar-refractivity contribution is 0.238. The number of rotatable bonds is 4. The van der Waals surface area contributed by atoms with Crippen molar-refractivity contribution in [1.82, 2.24) is 0 Å². The molecular formula is C15H15BO. The van der Waals surface area contributed by atoms with Crippen molar-refractivity contribution in [3.8, 4) is 0 Å². The Bertz CT molecular complexity index is 399. The van der Waals surface area contributed by atoms with Crippen molar-refractivity contribution in [3.05, 3.63) is 71.8 Å². The second-order valence-corrected chi connectivity index (χ2v) is 4.18. The van der Waals surface area contributed by atoms with Gasteiger partial charge in [0.1, 0.15) is 7.85 Å². The van der Waals surface area contributed by atoms with Gasteiger partial charge < -0.3 is 5.11 Å². The summed E-state index contributed by atoms with van der Waals surface area (Å²) < 4.78 is 0. The normalized spacial score (nSPS) is 12.6. The predicted octanol–water partition coefficient (Wildman–Crippen LogP) is 2.70. The molecule has 2 rings (SSSR count). The molecule has 0 aromatic heterocycles. The lowest BCUT2D eigenvalue weighted by Gasteiger charge is -2.19. The van der Waals surface area contributed by atoms with E-state index in [4.69, 9.17) is 7.85 Å². The lowest BCUT2D eigenvalue weighted by atomic mass is 9.82. The predicted molar refractivity (Wildman–Crippen MR) is 71.1 cm³/mol. The maximum atomic E-state index is 9.42. The summed E-state index contributed by atoms with van der Waals surface area (Å²) in [4.78, 5) is 0. The third-order valence-corrected chi connectivity index (χ3v) is 2.88. The Morgan fingerprint density at radius 1 is 0.824 bits per heavy atom. The average molecular weight is 222 g/mol. The highest BCUT2D eigenvalue weighted by Gasteiger charge is 2.15. The minimum Gasteiger partial charge on any atom is -0.403 e. The summed E-state index contributed by atoms with van der Waals surface area (Å²) in [5.41, 5.74) is 2.37. The molecule has 1 atom stereocenters. The quantitative estimate of drug-likeness (QED) is 0.788. The molecule has 0 bridgehead atoms. The van der Waals surface area contributed by atoms with Crippen LogP contribution in [0, 0.1) is 0 Å². The third kappa shape index (κ3) is 3.21. The Morgan fingerprint density at radius 3 is 1.59 bits per heavy atom. The fourth-order valence-electron chi connectivity index (χ4n) is 2.08. The topological polar surface area (TPSA) is 20.2 Å². The first kappa shape index (κ1) is 11.9. The SMILES string of the molecule is [B]C(O)CC(c1ccccc1)c1ccccc1. The van der Waals surface area contributed by atoms with Crippen molar-refractivity contribution in [2.24, 2.45) is 0 Å². The van der Waals surface area contributed by atoms with Gasteiger partial charge in [0, 0.05) is 11.9 Å². The minimum atomic E-state index is -0.791. The molecule has 17 heavy (non-hydrogen) atoms. The summed E-state index contributed by atoms with van der Waals surface area (Å²) in [5.74, 6) is 0.150. The zero-order valence-electron chi connectivity index (χ0n) is 9.66. The van der Waals surface area contributed by atoms with Crippen molar-refractivity contribution < 1.29 is 5.11 Å². The molecule has 0 aliphatic heterocycles. The number of hydrogen-bond acceptors (Lipinski definition) is 1. The summed E-state index contributed by atoms with van der Waals surface area (Å²) in [6, 6.07) is 19.5. The van der Waals surface area contributed by atoms with E-state index in [9.17, 15) is 5.11 Å². The van der Waals surface area contributed by atoms with Gasteiger partial charge in [0.05, 0.1) is 0 Å². The fraction of sp³-hybridized carbons (Fsp3) is 0.200. The number of benzene rings is 2. The first-order valence-electron chi connectivity index (χ1n) is 5.81. The summed E-state index contributed by atoms with van der Waals surface area (Å²) in [7, 11) is 5.52. The van der Waals surface area contributed by atoms with E-state index in [1.807, 2.05) is 36.4 Å². The Balaban J connectivity index is 2.32. The van der Waals surface area contributed by atoms with E-state index >= 15 is 0 Å². The third-order valence-electron chi connectivity index (χ3n) is 2.88. The molecule has 0 aliphatic carbocycles. The van der Waals surface area contributed by atoms with Gasteiger partial charge in [0.15, 0.2) is 0 Å². The van der Waals surface area contributed by atoms with Gasteiger partial charge in [-0.15, -0.1) is 0 Å². The maximum absolute atomic E-state index is 9.42. The highest BCUT2D eigenvalue weighted by molar-refractivity contribution is 6.10. The molecule has 2 aromatic carbocycles. The van der Waals surface area contributed by atoms with Crippen molar-refractivity contribution in [1.29, 1.82) is 0 Å². The van der Waals surface area contributed by atoms with Crippen molar-refractivity contribution in [3.63, 3.8) is 0 Å². The number of hydrogen-bond donors (Lipinski definition) is 1. The van der Waals surface area contributed by atoms with Gasteiger partial charge in [-0.25, -0.2) is 0 Å². The van der Waals surface area contributed by atoms with Crippen molar-refractivity contribution >= 4 is 7.85 Å². The van der Waals surface area contributed by atoms with E-state index in [1.54, 1.807) is 0 Å². The van der Waals surface area contributed by atoms with Crippen LogP contribution in [0.4, 0.5) is 0 Å². The van der Waals surface area contributed by atoms with Crippen LogP contribution in [0.2, 0.25) is 0 Å². The molecule has 1 N–H and O–H groups in total. The molecule has 0 spiro atoms. The molecule has 1 unspecified atom stereocenters. The molecular weight excluding hydrogens is 207 g/mol. The van der Waals surface area contributed by atoms with Crippen LogP contribution < -0.4 is 0 Å². The first-order chi connectivity index (χ1) is 8.27. The van der Waals surface area contributed by atoms with E-state index in [-0.39, 0.29) is 5.92 Å².